The zero-order valence-corrected chi connectivity index (χ0v) is 19.4. The Morgan fingerprint density at radius 2 is 1.26 bits per heavy atom. The number of carboxylic acids is 3. The minimum atomic E-state index is -1.56. The fourth-order valence-corrected chi connectivity index (χ4v) is 2.82. The van der Waals surface area contributed by atoms with Crippen LogP contribution in [0.25, 0.3) is 0 Å². The molecule has 15 nitrogen and oxygen atoms in total. The van der Waals surface area contributed by atoms with E-state index in [1.165, 1.54) is 13.8 Å². The second-order valence-electron chi connectivity index (χ2n) is 7.92. The summed E-state index contributed by atoms with van der Waals surface area (Å²) in [5, 5.41) is 35.5. The fourth-order valence-electron chi connectivity index (χ4n) is 2.82. The Morgan fingerprint density at radius 1 is 0.714 bits per heavy atom. The standard InChI is InChI=1S/C20H30N4O11/c1-9(2)17(20(35)22-11(8-25)6-15(29)30)24-18(33)12(4-5-14(27)28)23-19(34)13(7-16(31)32)21-10(3)26/h8-9,11-13,17H,4-7H2,1-3H3,(H,21,26)(H,22,35)(H,23,34)(H,24,33)(H,27,28)(H,29,30)(H,31,32)/t11-,12-,13-,17?/m0/s1. The van der Waals surface area contributed by atoms with E-state index >= 15 is 0 Å². The summed E-state index contributed by atoms with van der Waals surface area (Å²) in [5.41, 5.74) is 0. The first-order valence-electron chi connectivity index (χ1n) is 10.5. The first kappa shape index (κ1) is 31.0. The summed E-state index contributed by atoms with van der Waals surface area (Å²) in [6, 6.07) is -5.75. The summed E-state index contributed by atoms with van der Waals surface area (Å²) >= 11 is 0. The molecule has 196 valence electrons. The summed E-state index contributed by atoms with van der Waals surface area (Å²) in [6.07, 6.45) is -2.31. The van der Waals surface area contributed by atoms with Gasteiger partial charge in [0.05, 0.1) is 18.9 Å². The number of amides is 4. The van der Waals surface area contributed by atoms with E-state index in [1.807, 2.05) is 0 Å². The third-order valence-corrected chi connectivity index (χ3v) is 4.49. The van der Waals surface area contributed by atoms with Crippen molar-refractivity contribution in [1.29, 1.82) is 0 Å². The average Bonchev–Trinajstić information content (AvgIpc) is 2.71. The molecule has 0 aromatic carbocycles. The number of carboxylic acid groups (broad SMARTS) is 3. The van der Waals surface area contributed by atoms with E-state index in [-0.39, 0.29) is 6.29 Å². The lowest BCUT2D eigenvalue weighted by molar-refractivity contribution is -0.141. The maximum absolute atomic E-state index is 12.8. The zero-order valence-electron chi connectivity index (χ0n) is 19.4. The van der Waals surface area contributed by atoms with Crippen molar-refractivity contribution < 1.29 is 53.7 Å². The topological polar surface area (TPSA) is 245 Å². The van der Waals surface area contributed by atoms with E-state index in [1.54, 1.807) is 0 Å². The van der Waals surface area contributed by atoms with Gasteiger partial charge in [-0.05, 0) is 12.3 Å². The van der Waals surface area contributed by atoms with Crippen LogP contribution in [0.15, 0.2) is 0 Å². The van der Waals surface area contributed by atoms with Crippen LogP contribution < -0.4 is 21.3 Å². The number of carbonyl (C=O) groups is 8. The van der Waals surface area contributed by atoms with Crippen LogP contribution in [0, 0.1) is 5.92 Å². The molecule has 0 aromatic rings. The Bertz CT molecular complexity index is 827. The van der Waals surface area contributed by atoms with Crippen LogP contribution in [0.4, 0.5) is 0 Å². The molecule has 0 saturated heterocycles. The fraction of sp³-hybridized carbons (Fsp3) is 0.600. The lowest BCUT2D eigenvalue weighted by atomic mass is 10.0. The van der Waals surface area contributed by atoms with Gasteiger partial charge in [0.25, 0.3) is 0 Å². The Labute approximate surface area is 200 Å². The molecule has 0 aliphatic heterocycles. The van der Waals surface area contributed by atoms with Gasteiger partial charge in [0.2, 0.25) is 23.6 Å². The lowest BCUT2D eigenvalue weighted by Crippen LogP contribution is -2.58. The Kier molecular flexibility index (Phi) is 13.2. The molecule has 15 heteroatoms. The molecule has 7 N–H and O–H groups in total. The van der Waals surface area contributed by atoms with E-state index in [4.69, 9.17) is 15.3 Å². The maximum atomic E-state index is 12.8. The summed E-state index contributed by atoms with van der Waals surface area (Å²) in [7, 11) is 0. The van der Waals surface area contributed by atoms with Crippen molar-refractivity contribution in [2.75, 3.05) is 0 Å². The second-order valence-corrected chi connectivity index (χ2v) is 7.92. The van der Waals surface area contributed by atoms with Crippen LogP contribution in [0.3, 0.4) is 0 Å². The van der Waals surface area contributed by atoms with E-state index in [0.717, 1.165) is 6.92 Å². The van der Waals surface area contributed by atoms with E-state index < -0.39 is 97.3 Å². The molecule has 0 fully saturated rings. The third kappa shape index (κ3) is 12.7. The van der Waals surface area contributed by atoms with Gasteiger partial charge < -0.3 is 41.4 Å². The number of nitrogens with one attached hydrogen (secondary N) is 4. The highest BCUT2D eigenvalue weighted by atomic mass is 16.4. The zero-order chi connectivity index (χ0) is 27.3. The highest BCUT2D eigenvalue weighted by Gasteiger charge is 2.32. The molecule has 0 radical (unpaired) electrons. The number of aliphatic carboxylic acids is 3. The Hall–Kier alpha value is -4.04. The molecule has 0 saturated carbocycles. The number of hydrogen-bond donors (Lipinski definition) is 7. The highest BCUT2D eigenvalue weighted by Crippen LogP contribution is 2.07. The Balaban J connectivity index is 5.66. The van der Waals surface area contributed by atoms with Crippen molar-refractivity contribution in [2.24, 2.45) is 5.92 Å². The number of aldehydes is 1. The Morgan fingerprint density at radius 3 is 1.69 bits per heavy atom. The van der Waals surface area contributed by atoms with Gasteiger partial charge in [-0.15, -0.1) is 0 Å². The second kappa shape index (κ2) is 15.0. The largest absolute Gasteiger partial charge is 0.481 e. The molecule has 0 aliphatic rings. The van der Waals surface area contributed by atoms with E-state index in [2.05, 4.69) is 21.3 Å². The predicted octanol–water partition coefficient (Wildman–Crippen LogP) is -2.39. The number of carbonyl (C=O) groups excluding carboxylic acids is 5. The first-order valence-corrected chi connectivity index (χ1v) is 10.5. The minimum absolute atomic E-state index is 0.214. The van der Waals surface area contributed by atoms with Crippen molar-refractivity contribution in [2.45, 2.75) is 70.6 Å². The molecule has 0 aromatic heterocycles. The van der Waals surface area contributed by atoms with Crippen LogP contribution in [-0.2, 0) is 38.4 Å². The minimum Gasteiger partial charge on any atom is -0.481 e. The summed E-state index contributed by atoms with van der Waals surface area (Å²) in [5.74, 6) is -8.33. The molecule has 35 heavy (non-hydrogen) atoms. The van der Waals surface area contributed by atoms with Gasteiger partial charge in [-0.1, -0.05) is 13.8 Å². The van der Waals surface area contributed by atoms with Crippen LogP contribution >= 0.6 is 0 Å². The smallest absolute Gasteiger partial charge is 0.305 e. The maximum Gasteiger partial charge on any atom is 0.305 e. The van der Waals surface area contributed by atoms with Crippen molar-refractivity contribution in [3.8, 4) is 0 Å². The SMILES string of the molecule is CC(=O)N[C@@H](CC(=O)O)C(=O)N[C@@H](CCC(=O)O)C(=O)NC(C(=O)N[C@H](C=O)CC(=O)O)C(C)C. The van der Waals surface area contributed by atoms with Crippen LogP contribution in [0.1, 0.15) is 46.5 Å². The van der Waals surface area contributed by atoms with Gasteiger partial charge in [0.1, 0.15) is 24.4 Å². The normalized spacial score (nSPS) is 13.9. The summed E-state index contributed by atoms with van der Waals surface area (Å²) in [4.78, 5) is 93.1. The molecular formula is C20H30N4O11. The van der Waals surface area contributed by atoms with Gasteiger partial charge in [-0.25, -0.2) is 0 Å². The molecule has 0 aliphatic carbocycles. The molecule has 0 rings (SSSR count). The van der Waals surface area contributed by atoms with Crippen LogP contribution in [-0.4, -0.2) is 87.3 Å². The molecule has 0 bridgehead atoms. The van der Waals surface area contributed by atoms with Crippen LogP contribution in [0.5, 0.6) is 0 Å². The monoisotopic (exact) mass is 502 g/mol. The van der Waals surface area contributed by atoms with Crippen molar-refractivity contribution in [1.82, 2.24) is 21.3 Å². The summed E-state index contributed by atoms with van der Waals surface area (Å²) in [6.45, 7) is 4.10. The van der Waals surface area contributed by atoms with Crippen molar-refractivity contribution >= 4 is 47.8 Å². The number of hydrogen-bond acceptors (Lipinski definition) is 8. The van der Waals surface area contributed by atoms with E-state index in [0.29, 0.717) is 0 Å². The molecule has 4 amide bonds. The lowest BCUT2D eigenvalue weighted by Gasteiger charge is -2.27. The van der Waals surface area contributed by atoms with Gasteiger partial charge >= 0.3 is 17.9 Å². The van der Waals surface area contributed by atoms with Crippen molar-refractivity contribution in [3.05, 3.63) is 0 Å². The third-order valence-electron chi connectivity index (χ3n) is 4.49. The van der Waals surface area contributed by atoms with Gasteiger partial charge in [0.15, 0.2) is 0 Å². The molecule has 0 spiro atoms. The highest BCUT2D eigenvalue weighted by molar-refractivity contribution is 5.96. The first-order chi connectivity index (χ1) is 16.2. The molecule has 4 atom stereocenters. The van der Waals surface area contributed by atoms with Crippen LogP contribution in [0.2, 0.25) is 0 Å². The van der Waals surface area contributed by atoms with Gasteiger partial charge in [-0.2, -0.15) is 0 Å². The quantitative estimate of drug-likeness (QED) is 0.110. The molecular weight excluding hydrogens is 472 g/mol. The van der Waals surface area contributed by atoms with Crippen molar-refractivity contribution in [3.63, 3.8) is 0 Å². The van der Waals surface area contributed by atoms with Gasteiger partial charge in [0, 0.05) is 13.3 Å². The predicted molar refractivity (Wildman–Crippen MR) is 116 cm³/mol. The molecule has 1 unspecified atom stereocenters. The molecule has 0 heterocycles. The number of rotatable bonds is 16. The van der Waals surface area contributed by atoms with Gasteiger partial charge in [-0.3, -0.25) is 33.6 Å². The van der Waals surface area contributed by atoms with E-state index in [9.17, 15) is 38.4 Å². The summed E-state index contributed by atoms with van der Waals surface area (Å²) < 4.78 is 0. The average molecular weight is 502 g/mol.